The van der Waals surface area contributed by atoms with Crippen LogP contribution in [0.4, 0.5) is 5.00 Å². The molecule has 3 rings (SSSR count). The fraction of sp³-hybridized carbons (Fsp3) is 0.565. The Hall–Kier alpha value is -1.93. The van der Waals surface area contributed by atoms with Crippen LogP contribution in [0.1, 0.15) is 65.8 Å². The van der Waals surface area contributed by atoms with E-state index in [2.05, 4.69) is 36.1 Å². The number of nitrogens with zero attached hydrogens (tertiary/aromatic N) is 2. The van der Waals surface area contributed by atoms with E-state index in [-0.39, 0.29) is 17.3 Å². The molecule has 0 bridgehead atoms. The predicted molar refractivity (Wildman–Crippen MR) is 126 cm³/mol. The zero-order valence-corrected chi connectivity index (χ0v) is 20.8. The molecule has 0 spiro atoms. The number of carbonyl (C=O) groups excluding carboxylic acids is 2. The normalized spacial score (nSPS) is 16.0. The molecule has 2 aromatic heterocycles. The standard InChI is InChI=1S/C23H31N3O3S2/c1-13-11-14(2)25-22(24-13)30-10-9-18(27)26-20-19(21(28)29-6)16-8-7-15(23(3,4)5)12-17(16)31-20/h11,15H,7-10,12H2,1-6H3,(H,26,27). The van der Waals surface area contributed by atoms with Crippen LogP contribution < -0.4 is 5.32 Å². The van der Waals surface area contributed by atoms with Crippen LogP contribution in [-0.4, -0.2) is 34.7 Å². The Morgan fingerprint density at radius 2 is 1.94 bits per heavy atom. The van der Waals surface area contributed by atoms with Crippen molar-refractivity contribution in [3.8, 4) is 0 Å². The molecular formula is C23H31N3O3S2. The number of aromatic nitrogens is 2. The molecule has 0 radical (unpaired) electrons. The first-order valence-electron chi connectivity index (χ1n) is 10.6. The van der Waals surface area contributed by atoms with E-state index in [4.69, 9.17) is 4.74 Å². The molecule has 1 aliphatic carbocycles. The number of hydrogen-bond acceptors (Lipinski definition) is 7. The number of rotatable bonds is 6. The predicted octanol–water partition coefficient (Wildman–Crippen LogP) is 5.21. The van der Waals surface area contributed by atoms with Gasteiger partial charge < -0.3 is 10.1 Å². The molecule has 0 aromatic carbocycles. The van der Waals surface area contributed by atoms with E-state index in [0.717, 1.165) is 36.2 Å². The second kappa shape index (κ2) is 9.69. The molecule has 0 saturated heterocycles. The zero-order valence-electron chi connectivity index (χ0n) is 19.1. The summed E-state index contributed by atoms with van der Waals surface area (Å²) in [5.41, 5.74) is 3.63. The van der Waals surface area contributed by atoms with Crippen molar-refractivity contribution in [3.05, 3.63) is 33.5 Å². The highest BCUT2D eigenvalue weighted by atomic mass is 32.2. The van der Waals surface area contributed by atoms with E-state index >= 15 is 0 Å². The van der Waals surface area contributed by atoms with Crippen molar-refractivity contribution in [3.63, 3.8) is 0 Å². The smallest absolute Gasteiger partial charge is 0.341 e. The van der Waals surface area contributed by atoms with Gasteiger partial charge in [0.25, 0.3) is 0 Å². The Bertz CT molecular complexity index is 959. The highest BCUT2D eigenvalue weighted by Crippen LogP contribution is 2.44. The van der Waals surface area contributed by atoms with E-state index in [1.807, 2.05) is 19.9 Å². The zero-order chi connectivity index (χ0) is 22.8. The number of aryl methyl sites for hydroxylation is 2. The minimum atomic E-state index is -0.375. The second-order valence-corrected chi connectivity index (χ2v) is 11.3. The van der Waals surface area contributed by atoms with Gasteiger partial charge in [-0.1, -0.05) is 32.5 Å². The molecule has 1 atom stereocenters. The minimum absolute atomic E-state index is 0.118. The fourth-order valence-electron chi connectivity index (χ4n) is 3.91. The van der Waals surface area contributed by atoms with Crippen LogP contribution in [0.5, 0.6) is 0 Å². The molecule has 0 saturated carbocycles. The number of carbonyl (C=O) groups is 2. The average Bonchev–Trinajstić information content (AvgIpc) is 3.02. The molecule has 1 N–H and O–H groups in total. The monoisotopic (exact) mass is 461 g/mol. The van der Waals surface area contributed by atoms with Gasteiger partial charge in [0.1, 0.15) is 5.00 Å². The molecule has 1 aliphatic rings. The van der Waals surface area contributed by atoms with Crippen LogP contribution in [0.25, 0.3) is 0 Å². The van der Waals surface area contributed by atoms with Gasteiger partial charge in [-0.25, -0.2) is 14.8 Å². The summed E-state index contributed by atoms with van der Waals surface area (Å²) in [6.45, 7) is 10.6. The molecule has 1 amide bonds. The summed E-state index contributed by atoms with van der Waals surface area (Å²) in [6, 6.07) is 1.92. The highest BCUT2D eigenvalue weighted by Gasteiger charge is 2.34. The van der Waals surface area contributed by atoms with Crippen molar-refractivity contribution >= 4 is 40.0 Å². The summed E-state index contributed by atoms with van der Waals surface area (Å²) in [5.74, 6) is 0.634. The number of fused-ring (bicyclic) bond motifs is 1. The lowest BCUT2D eigenvalue weighted by Crippen LogP contribution is -2.26. The first-order valence-corrected chi connectivity index (χ1v) is 12.4. The van der Waals surface area contributed by atoms with Crippen molar-refractivity contribution in [2.45, 2.75) is 65.5 Å². The van der Waals surface area contributed by atoms with Gasteiger partial charge in [-0.05, 0) is 56.1 Å². The van der Waals surface area contributed by atoms with Crippen LogP contribution in [0.2, 0.25) is 0 Å². The Balaban J connectivity index is 1.69. The number of nitrogens with one attached hydrogen (secondary N) is 1. The molecule has 8 heteroatoms. The van der Waals surface area contributed by atoms with Crippen molar-refractivity contribution in [1.29, 1.82) is 0 Å². The van der Waals surface area contributed by atoms with Gasteiger partial charge in [-0.3, -0.25) is 4.79 Å². The number of hydrogen-bond donors (Lipinski definition) is 1. The van der Waals surface area contributed by atoms with E-state index in [0.29, 0.717) is 33.8 Å². The Morgan fingerprint density at radius 3 is 2.55 bits per heavy atom. The number of anilines is 1. The van der Waals surface area contributed by atoms with Crippen molar-refractivity contribution in [2.75, 3.05) is 18.2 Å². The van der Waals surface area contributed by atoms with Gasteiger partial charge in [0.2, 0.25) is 5.91 Å². The van der Waals surface area contributed by atoms with Gasteiger partial charge in [-0.2, -0.15) is 0 Å². The van der Waals surface area contributed by atoms with Crippen molar-refractivity contribution < 1.29 is 14.3 Å². The van der Waals surface area contributed by atoms with Gasteiger partial charge >= 0.3 is 5.97 Å². The van der Waals surface area contributed by atoms with Crippen LogP contribution in [0.3, 0.4) is 0 Å². The largest absolute Gasteiger partial charge is 0.465 e. The summed E-state index contributed by atoms with van der Waals surface area (Å²) < 4.78 is 5.03. The maximum absolute atomic E-state index is 12.6. The third-order valence-electron chi connectivity index (χ3n) is 5.65. The van der Waals surface area contributed by atoms with Crippen LogP contribution in [0.15, 0.2) is 11.2 Å². The molecule has 6 nitrogen and oxygen atoms in total. The van der Waals surface area contributed by atoms with E-state index in [1.54, 1.807) is 0 Å². The Morgan fingerprint density at radius 1 is 1.26 bits per heavy atom. The topological polar surface area (TPSA) is 81.2 Å². The van der Waals surface area contributed by atoms with E-state index in [1.165, 1.54) is 35.1 Å². The van der Waals surface area contributed by atoms with Gasteiger partial charge in [0.05, 0.1) is 12.7 Å². The number of thioether (sulfide) groups is 1. The molecule has 168 valence electrons. The van der Waals surface area contributed by atoms with E-state index in [9.17, 15) is 9.59 Å². The summed E-state index contributed by atoms with van der Waals surface area (Å²) >= 11 is 2.99. The third kappa shape index (κ3) is 5.86. The number of esters is 1. The molecular weight excluding hydrogens is 430 g/mol. The van der Waals surface area contributed by atoms with Crippen molar-refractivity contribution in [1.82, 2.24) is 9.97 Å². The molecule has 2 heterocycles. The number of methoxy groups -OCH3 is 1. The molecule has 0 fully saturated rings. The summed E-state index contributed by atoms with van der Waals surface area (Å²) in [7, 11) is 1.39. The third-order valence-corrected chi connectivity index (χ3v) is 7.67. The number of amides is 1. The van der Waals surface area contributed by atoms with Gasteiger partial charge in [0.15, 0.2) is 5.16 Å². The molecule has 31 heavy (non-hydrogen) atoms. The maximum Gasteiger partial charge on any atom is 0.341 e. The number of thiophene rings is 1. The first-order chi connectivity index (χ1) is 14.6. The summed E-state index contributed by atoms with van der Waals surface area (Å²) in [5, 5.41) is 4.27. The first kappa shape index (κ1) is 23.7. The van der Waals surface area contributed by atoms with Crippen LogP contribution >= 0.6 is 23.1 Å². The van der Waals surface area contributed by atoms with Gasteiger partial charge in [0, 0.05) is 28.4 Å². The second-order valence-electron chi connectivity index (χ2n) is 9.09. The van der Waals surface area contributed by atoms with Crippen molar-refractivity contribution in [2.24, 2.45) is 11.3 Å². The quantitative estimate of drug-likeness (QED) is 0.361. The highest BCUT2D eigenvalue weighted by molar-refractivity contribution is 7.99. The molecule has 2 aromatic rings. The maximum atomic E-state index is 12.6. The summed E-state index contributed by atoms with van der Waals surface area (Å²) in [6.07, 6.45) is 3.13. The SMILES string of the molecule is COC(=O)c1c(NC(=O)CCSc2nc(C)cc(C)n2)sc2c1CCC(C(C)(C)C)C2. The average molecular weight is 462 g/mol. The summed E-state index contributed by atoms with van der Waals surface area (Å²) in [4.78, 5) is 35.1. The number of ether oxygens (including phenoxy) is 1. The minimum Gasteiger partial charge on any atom is -0.465 e. The van der Waals surface area contributed by atoms with Crippen LogP contribution in [-0.2, 0) is 22.4 Å². The fourth-order valence-corrected chi connectivity index (χ4v) is 6.13. The molecule has 0 aliphatic heterocycles. The lowest BCUT2D eigenvalue weighted by molar-refractivity contribution is -0.115. The molecule has 1 unspecified atom stereocenters. The lowest BCUT2D eigenvalue weighted by Gasteiger charge is -2.33. The Kier molecular flexibility index (Phi) is 7.42. The van der Waals surface area contributed by atoms with E-state index < -0.39 is 0 Å². The lowest BCUT2D eigenvalue weighted by atomic mass is 9.72. The Labute approximate surface area is 192 Å². The van der Waals surface area contributed by atoms with Crippen LogP contribution in [0, 0.1) is 25.2 Å². The van der Waals surface area contributed by atoms with Gasteiger partial charge in [-0.15, -0.1) is 11.3 Å².